The van der Waals surface area contributed by atoms with Crippen LogP contribution in [0.4, 0.5) is 17.5 Å². The van der Waals surface area contributed by atoms with Crippen LogP contribution in [0, 0.1) is 5.41 Å². The average Bonchev–Trinajstić information content (AvgIpc) is 2.69. The minimum absolute atomic E-state index is 0.0762. The highest BCUT2D eigenvalue weighted by Gasteiger charge is 2.26. The molecule has 0 aliphatic rings. The molecule has 0 unspecified atom stereocenters. The zero-order chi connectivity index (χ0) is 25.1. The van der Waals surface area contributed by atoms with Crippen molar-refractivity contribution in [2.45, 2.75) is 34.1 Å². The third-order valence-electron chi connectivity index (χ3n) is 4.76. The van der Waals surface area contributed by atoms with Crippen molar-refractivity contribution in [1.82, 2.24) is 9.97 Å². The molecule has 0 aliphatic heterocycles. The van der Waals surface area contributed by atoms with Crippen LogP contribution in [-0.2, 0) is 16.5 Å². The van der Waals surface area contributed by atoms with Gasteiger partial charge >= 0.3 is 10.1 Å². The van der Waals surface area contributed by atoms with Gasteiger partial charge < -0.3 is 26.1 Å². The van der Waals surface area contributed by atoms with Crippen LogP contribution >= 0.6 is 0 Å². The second kappa shape index (κ2) is 9.76. The Hall–Kier alpha value is -3.53. The summed E-state index contributed by atoms with van der Waals surface area (Å²) in [6.07, 6.45) is 1.87. The molecule has 0 spiro atoms. The molecule has 1 heterocycles. The summed E-state index contributed by atoms with van der Waals surface area (Å²) in [5.41, 5.74) is 20.1. The predicted molar refractivity (Wildman–Crippen MR) is 135 cm³/mol. The summed E-state index contributed by atoms with van der Waals surface area (Å²) in [6.45, 7) is 7.72. The monoisotopic (exact) mass is 485 g/mol. The zero-order valence-electron chi connectivity index (χ0n) is 19.8. The van der Waals surface area contributed by atoms with Crippen molar-refractivity contribution in [3.05, 3.63) is 53.7 Å². The van der Waals surface area contributed by atoms with E-state index in [2.05, 4.69) is 9.97 Å². The van der Waals surface area contributed by atoms with Gasteiger partial charge in [-0.25, -0.2) is 4.98 Å². The number of anilines is 3. The Kier molecular flexibility index (Phi) is 7.21. The first-order chi connectivity index (χ1) is 15.9. The van der Waals surface area contributed by atoms with E-state index in [1.54, 1.807) is 36.5 Å². The number of ether oxygens (including phenoxy) is 1. The third kappa shape index (κ3) is 6.50. The summed E-state index contributed by atoms with van der Waals surface area (Å²) in [6, 6.07) is 10.6. The highest BCUT2D eigenvalue weighted by molar-refractivity contribution is 7.87. The Morgan fingerprint density at radius 3 is 2.24 bits per heavy atom. The highest BCUT2D eigenvalue weighted by Crippen LogP contribution is 2.41. The molecule has 0 atom stereocenters. The molecule has 6 N–H and O–H groups in total. The van der Waals surface area contributed by atoms with Gasteiger partial charge in [-0.2, -0.15) is 13.4 Å². The number of rotatable bonds is 8. The summed E-state index contributed by atoms with van der Waals surface area (Å²) in [5.74, 6) is 0.794. The van der Waals surface area contributed by atoms with Crippen LogP contribution in [-0.4, -0.2) is 30.7 Å². The van der Waals surface area contributed by atoms with Crippen molar-refractivity contribution in [3.63, 3.8) is 0 Å². The van der Waals surface area contributed by atoms with Gasteiger partial charge in [0.05, 0.1) is 17.9 Å². The van der Waals surface area contributed by atoms with Gasteiger partial charge in [-0.05, 0) is 47.7 Å². The average molecular weight is 486 g/mol. The van der Waals surface area contributed by atoms with E-state index < -0.39 is 15.5 Å². The normalized spacial score (nSPS) is 11.9. The van der Waals surface area contributed by atoms with Crippen LogP contribution in [0.1, 0.15) is 38.8 Å². The molecule has 0 fully saturated rings. The molecule has 34 heavy (non-hydrogen) atoms. The first-order valence-corrected chi connectivity index (χ1v) is 12.4. The number of aromatic nitrogens is 2. The summed E-state index contributed by atoms with van der Waals surface area (Å²) in [5, 5.41) is 0. The van der Waals surface area contributed by atoms with Gasteiger partial charge in [-0.15, -0.1) is 0 Å². The van der Waals surface area contributed by atoms with E-state index in [9.17, 15) is 8.42 Å². The molecule has 3 aromatic rings. The van der Waals surface area contributed by atoms with E-state index in [4.69, 9.17) is 26.1 Å². The molecule has 9 nitrogen and oxygen atoms in total. The van der Waals surface area contributed by atoms with Gasteiger partial charge in [0.15, 0.2) is 5.75 Å². The Labute approximate surface area is 200 Å². The van der Waals surface area contributed by atoms with E-state index >= 15 is 0 Å². The van der Waals surface area contributed by atoms with Gasteiger partial charge in [0, 0.05) is 23.9 Å². The van der Waals surface area contributed by atoms with Crippen molar-refractivity contribution >= 4 is 27.6 Å². The van der Waals surface area contributed by atoms with Crippen LogP contribution in [0.3, 0.4) is 0 Å². The molecule has 182 valence electrons. The Morgan fingerprint density at radius 1 is 1.00 bits per heavy atom. The van der Waals surface area contributed by atoms with E-state index in [1.165, 1.54) is 0 Å². The summed E-state index contributed by atoms with van der Waals surface area (Å²) >= 11 is 0. The van der Waals surface area contributed by atoms with Gasteiger partial charge in [0.1, 0.15) is 11.6 Å². The standard InChI is InChI=1S/C24H31N5O4S/c1-5-32-19-11-15(10-17-13-28-23(27)29-22(17)26)12-20(33-34(30,31)14-24(2,3)4)21(19)16-6-8-18(25)9-7-16/h6-9,11-13H,5,10,14,25H2,1-4H3,(H4,26,27,28,29). The van der Waals surface area contributed by atoms with Crippen molar-refractivity contribution in [2.24, 2.45) is 5.41 Å². The van der Waals surface area contributed by atoms with E-state index in [1.807, 2.05) is 33.8 Å². The fourth-order valence-electron chi connectivity index (χ4n) is 3.50. The minimum atomic E-state index is -3.91. The van der Waals surface area contributed by atoms with Gasteiger partial charge in [0.25, 0.3) is 0 Å². The molecule has 0 bridgehead atoms. The SMILES string of the molecule is CCOc1cc(Cc2cnc(N)nc2N)cc(OS(=O)(=O)CC(C)(C)C)c1-c1ccc(N)cc1. The summed E-state index contributed by atoms with van der Waals surface area (Å²) in [7, 11) is -3.91. The third-order valence-corrected chi connectivity index (χ3v) is 6.42. The maximum atomic E-state index is 12.9. The molecule has 10 heteroatoms. The van der Waals surface area contributed by atoms with Gasteiger partial charge in [0.2, 0.25) is 5.95 Å². The summed E-state index contributed by atoms with van der Waals surface area (Å²) < 4.78 is 37.5. The second-order valence-corrected chi connectivity index (χ2v) is 10.8. The van der Waals surface area contributed by atoms with E-state index in [0.29, 0.717) is 46.7 Å². The first-order valence-electron chi connectivity index (χ1n) is 10.8. The van der Waals surface area contributed by atoms with Crippen molar-refractivity contribution < 1.29 is 17.3 Å². The molecular weight excluding hydrogens is 454 g/mol. The van der Waals surface area contributed by atoms with Gasteiger partial charge in [-0.3, -0.25) is 0 Å². The molecule has 3 rings (SSSR count). The first kappa shape index (κ1) is 25.1. The molecule has 2 aromatic carbocycles. The summed E-state index contributed by atoms with van der Waals surface area (Å²) in [4.78, 5) is 8.01. The van der Waals surface area contributed by atoms with Crippen molar-refractivity contribution in [2.75, 3.05) is 29.6 Å². The number of hydrogen-bond donors (Lipinski definition) is 3. The molecular formula is C24H31N5O4S. The highest BCUT2D eigenvalue weighted by atomic mass is 32.2. The number of nitrogen functional groups attached to an aromatic ring is 3. The second-order valence-electron chi connectivity index (χ2n) is 9.18. The smallest absolute Gasteiger partial charge is 0.309 e. The number of hydrogen-bond acceptors (Lipinski definition) is 9. The van der Waals surface area contributed by atoms with Crippen LogP contribution < -0.4 is 26.1 Å². The lowest BCUT2D eigenvalue weighted by Gasteiger charge is -2.21. The Balaban J connectivity index is 2.17. The van der Waals surface area contributed by atoms with Crippen LogP contribution in [0.2, 0.25) is 0 Å². The predicted octanol–water partition coefficient (Wildman–Crippen LogP) is 3.63. The van der Waals surface area contributed by atoms with Crippen LogP contribution in [0.25, 0.3) is 11.1 Å². The lowest BCUT2D eigenvalue weighted by molar-refractivity contribution is 0.340. The zero-order valence-corrected chi connectivity index (χ0v) is 20.6. The Morgan fingerprint density at radius 2 is 1.65 bits per heavy atom. The molecule has 1 aromatic heterocycles. The lowest BCUT2D eigenvalue weighted by Crippen LogP contribution is -2.24. The largest absolute Gasteiger partial charge is 0.493 e. The number of nitrogens with two attached hydrogens (primary N) is 3. The number of nitrogens with zero attached hydrogens (tertiary/aromatic N) is 2. The minimum Gasteiger partial charge on any atom is -0.493 e. The van der Waals surface area contributed by atoms with Crippen molar-refractivity contribution in [1.29, 1.82) is 0 Å². The van der Waals surface area contributed by atoms with E-state index in [0.717, 1.165) is 0 Å². The maximum absolute atomic E-state index is 12.9. The van der Waals surface area contributed by atoms with Gasteiger partial charge in [-0.1, -0.05) is 32.9 Å². The van der Waals surface area contributed by atoms with Crippen LogP contribution in [0.5, 0.6) is 11.5 Å². The molecule has 0 amide bonds. The fourth-order valence-corrected chi connectivity index (χ4v) is 5.03. The molecule has 0 radical (unpaired) electrons. The van der Waals surface area contributed by atoms with Crippen LogP contribution in [0.15, 0.2) is 42.6 Å². The quantitative estimate of drug-likeness (QED) is 0.320. The molecule has 0 saturated heterocycles. The number of benzene rings is 2. The van der Waals surface area contributed by atoms with Crippen molar-refractivity contribution in [3.8, 4) is 22.6 Å². The molecule has 0 aliphatic carbocycles. The lowest BCUT2D eigenvalue weighted by atomic mass is 9.98. The van der Waals surface area contributed by atoms with E-state index in [-0.39, 0.29) is 23.3 Å². The maximum Gasteiger partial charge on any atom is 0.309 e. The molecule has 0 saturated carbocycles. The topological polar surface area (TPSA) is 156 Å². The Bertz CT molecular complexity index is 1270. The fraction of sp³-hybridized carbons (Fsp3) is 0.333.